The second-order valence-electron chi connectivity index (χ2n) is 4.83. The lowest BCUT2D eigenvalue weighted by molar-refractivity contribution is 0.475. The van der Waals surface area contributed by atoms with Gasteiger partial charge in [0, 0.05) is 10.6 Å². The summed E-state index contributed by atoms with van der Waals surface area (Å²) in [6.45, 7) is 0. The van der Waals surface area contributed by atoms with Gasteiger partial charge in [-0.15, -0.1) is 0 Å². The van der Waals surface area contributed by atoms with Crippen LogP contribution in [0.15, 0.2) is 53.6 Å². The van der Waals surface area contributed by atoms with Crippen LogP contribution in [0, 0.1) is 0 Å². The van der Waals surface area contributed by atoms with Crippen LogP contribution in [0.4, 0.5) is 5.69 Å². The molecule has 3 aromatic rings. The smallest absolute Gasteiger partial charge is 0.125 e. The van der Waals surface area contributed by atoms with Crippen LogP contribution in [0.5, 0.6) is 5.75 Å². The normalized spacial score (nSPS) is 11.3. The van der Waals surface area contributed by atoms with Crippen molar-refractivity contribution < 1.29 is 5.11 Å². The Labute approximate surface area is 148 Å². The minimum atomic E-state index is 0.141. The number of hydrazone groups is 1. The molecule has 0 heterocycles. The van der Waals surface area contributed by atoms with E-state index in [-0.39, 0.29) is 5.75 Å². The van der Waals surface area contributed by atoms with Crippen LogP contribution < -0.4 is 5.43 Å². The first kappa shape index (κ1) is 15.9. The number of nitrogens with zero attached hydrogens (tertiary/aromatic N) is 1. The quantitative estimate of drug-likeness (QED) is 0.445. The first-order valence-corrected chi connectivity index (χ1v) is 7.84. The van der Waals surface area contributed by atoms with Crippen molar-refractivity contribution in [3.05, 3.63) is 69.2 Å². The standard InChI is InChI=1S/C17H11Cl3N2O/c18-11-7-14(19)17(15(20)8-11)22-21-9-13-12-4-2-1-3-10(12)5-6-16(13)23/h1-9,22-23H. The molecule has 2 N–H and O–H groups in total. The molecule has 3 nitrogen and oxygen atoms in total. The van der Waals surface area contributed by atoms with Gasteiger partial charge in [0.15, 0.2) is 0 Å². The molecule has 0 amide bonds. The largest absolute Gasteiger partial charge is 0.507 e. The van der Waals surface area contributed by atoms with Crippen LogP contribution >= 0.6 is 34.8 Å². The predicted molar refractivity (Wildman–Crippen MR) is 98.3 cm³/mol. The molecular weight excluding hydrogens is 355 g/mol. The summed E-state index contributed by atoms with van der Waals surface area (Å²) in [5.74, 6) is 0.141. The maximum Gasteiger partial charge on any atom is 0.125 e. The number of phenols is 1. The lowest BCUT2D eigenvalue weighted by Gasteiger charge is -2.07. The number of phenolic OH excluding ortho intramolecular Hbond substituents is 1. The number of anilines is 1. The van der Waals surface area contributed by atoms with E-state index in [1.165, 1.54) is 6.21 Å². The van der Waals surface area contributed by atoms with Crippen LogP contribution in [0.1, 0.15) is 5.56 Å². The fourth-order valence-corrected chi connectivity index (χ4v) is 3.13. The molecule has 3 aromatic carbocycles. The lowest BCUT2D eigenvalue weighted by Crippen LogP contribution is -1.94. The van der Waals surface area contributed by atoms with E-state index < -0.39 is 0 Å². The van der Waals surface area contributed by atoms with Gasteiger partial charge < -0.3 is 5.11 Å². The highest BCUT2D eigenvalue weighted by atomic mass is 35.5. The Balaban J connectivity index is 1.94. The molecule has 6 heteroatoms. The molecule has 0 spiro atoms. The zero-order valence-corrected chi connectivity index (χ0v) is 14.0. The summed E-state index contributed by atoms with van der Waals surface area (Å²) in [7, 11) is 0. The average molecular weight is 366 g/mol. The van der Waals surface area contributed by atoms with E-state index in [2.05, 4.69) is 10.5 Å². The molecule has 0 bridgehead atoms. The van der Waals surface area contributed by atoms with Crippen molar-refractivity contribution in [2.24, 2.45) is 5.10 Å². The predicted octanol–water partition coefficient (Wildman–Crippen LogP) is 5.95. The summed E-state index contributed by atoms with van der Waals surface area (Å²) in [5.41, 5.74) is 3.85. The van der Waals surface area contributed by atoms with E-state index in [4.69, 9.17) is 34.8 Å². The third-order valence-corrected chi connectivity index (χ3v) is 4.14. The Morgan fingerprint density at radius 3 is 2.39 bits per heavy atom. The van der Waals surface area contributed by atoms with Crippen molar-refractivity contribution in [1.82, 2.24) is 0 Å². The molecule has 0 saturated heterocycles. The molecule has 23 heavy (non-hydrogen) atoms. The van der Waals surface area contributed by atoms with Crippen LogP contribution in [-0.4, -0.2) is 11.3 Å². The number of hydrogen-bond donors (Lipinski definition) is 2. The van der Waals surface area contributed by atoms with Gasteiger partial charge in [-0.2, -0.15) is 5.10 Å². The van der Waals surface area contributed by atoms with Gasteiger partial charge in [-0.1, -0.05) is 65.1 Å². The van der Waals surface area contributed by atoms with Crippen LogP contribution in [0.3, 0.4) is 0 Å². The minimum absolute atomic E-state index is 0.141. The molecule has 116 valence electrons. The Kier molecular flexibility index (Phi) is 4.62. The fraction of sp³-hybridized carbons (Fsp3) is 0. The van der Waals surface area contributed by atoms with Crippen LogP contribution in [-0.2, 0) is 0 Å². The van der Waals surface area contributed by atoms with Crippen molar-refractivity contribution in [1.29, 1.82) is 0 Å². The van der Waals surface area contributed by atoms with Crippen molar-refractivity contribution >= 4 is 57.5 Å². The highest BCUT2D eigenvalue weighted by Crippen LogP contribution is 2.33. The second-order valence-corrected chi connectivity index (χ2v) is 6.08. The number of fused-ring (bicyclic) bond motifs is 1. The van der Waals surface area contributed by atoms with E-state index in [9.17, 15) is 5.11 Å². The number of nitrogens with one attached hydrogen (secondary N) is 1. The van der Waals surface area contributed by atoms with Gasteiger partial charge in [-0.25, -0.2) is 0 Å². The summed E-state index contributed by atoms with van der Waals surface area (Å²) >= 11 is 18.0. The van der Waals surface area contributed by atoms with E-state index in [0.29, 0.717) is 26.3 Å². The molecule has 0 fully saturated rings. The monoisotopic (exact) mass is 364 g/mol. The molecule has 0 radical (unpaired) electrons. The summed E-state index contributed by atoms with van der Waals surface area (Å²) in [4.78, 5) is 0. The van der Waals surface area contributed by atoms with Gasteiger partial charge in [0.2, 0.25) is 0 Å². The number of hydrogen-bond acceptors (Lipinski definition) is 3. The van der Waals surface area contributed by atoms with Gasteiger partial charge in [0.25, 0.3) is 0 Å². The Hall–Kier alpha value is -1.94. The lowest BCUT2D eigenvalue weighted by atomic mass is 10.0. The van der Waals surface area contributed by atoms with E-state index in [1.54, 1.807) is 18.2 Å². The Bertz CT molecular complexity index is 886. The third-order valence-electron chi connectivity index (χ3n) is 3.32. The molecule has 0 aliphatic carbocycles. The maximum absolute atomic E-state index is 10.1. The summed E-state index contributed by atoms with van der Waals surface area (Å²) < 4.78 is 0. The SMILES string of the molecule is Oc1ccc2ccccc2c1C=NNc1c(Cl)cc(Cl)cc1Cl. The highest BCUT2D eigenvalue weighted by Gasteiger charge is 2.07. The first-order valence-electron chi connectivity index (χ1n) is 6.70. The first-order chi connectivity index (χ1) is 11.1. The van der Waals surface area contributed by atoms with E-state index >= 15 is 0 Å². The summed E-state index contributed by atoms with van der Waals surface area (Å²) in [6.07, 6.45) is 1.53. The van der Waals surface area contributed by atoms with Crippen molar-refractivity contribution in [3.8, 4) is 5.75 Å². The highest BCUT2D eigenvalue weighted by molar-refractivity contribution is 6.41. The second kappa shape index (κ2) is 6.67. The molecule has 0 atom stereocenters. The summed E-state index contributed by atoms with van der Waals surface area (Å²) in [5, 5.41) is 17.3. The average Bonchev–Trinajstić information content (AvgIpc) is 2.51. The van der Waals surface area contributed by atoms with Gasteiger partial charge in [0.1, 0.15) is 5.75 Å². The minimum Gasteiger partial charge on any atom is -0.507 e. The number of halogens is 3. The van der Waals surface area contributed by atoms with Gasteiger partial charge in [-0.3, -0.25) is 5.43 Å². The van der Waals surface area contributed by atoms with E-state index in [1.807, 2.05) is 30.3 Å². The fourth-order valence-electron chi connectivity index (χ4n) is 2.23. The number of aromatic hydroxyl groups is 1. The zero-order chi connectivity index (χ0) is 16.4. The Morgan fingerprint density at radius 1 is 0.957 bits per heavy atom. The van der Waals surface area contributed by atoms with Crippen molar-refractivity contribution in [2.75, 3.05) is 5.43 Å². The molecular formula is C17H11Cl3N2O. The molecule has 3 rings (SSSR count). The van der Waals surface area contributed by atoms with Crippen molar-refractivity contribution in [3.63, 3.8) is 0 Å². The Morgan fingerprint density at radius 2 is 1.65 bits per heavy atom. The number of benzene rings is 3. The third kappa shape index (κ3) is 3.37. The zero-order valence-electron chi connectivity index (χ0n) is 11.7. The van der Waals surface area contributed by atoms with Gasteiger partial charge in [0.05, 0.1) is 21.9 Å². The molecule has 0 saturated carbocycles. The maximum atomic E-state index is 10.1. The summed E-state index contributed by atoms with van der Waals surface area (Å²) in [6, 6.07) is 14.3. The molecule has 0 aromatic heterocycles. The topological polar surface area (TPSA) is 44.6 Å². The van der Waals surface area contributed by atoms with Crippen LogP contribution in [0.2, 0.25) is 15.1 Å². The molecule has 0 unspecified atom stereocenters. The van der Waals surface area contributed by atoms with Gasteiger partial charge in [-0.05, 0) is 29.0 Å². The van der Waals surface area contributed by atoms with Crippen molar-refractivity contribution in [2.45, 2.75) is 0 Å². The van der Waals surface area contributed by atoms with E-state index in [0.717, 1.165) is 10.8 Å². The van der Waals surface area contributed by atoms with Crippen LogP contribution in [0.25, 0.3) is 10.8 Å². The number of rotatable bonds is 3. The molecule has 0 aliphatic heterocycles. The van der Waals surface area contributed by atoms with Gasteiger partial charge >= 0.3 is 0 Å². The molecule has 0 aliphatic rings.